The van der Waals surface area contributed by atoms with E-state index in [4.69, 9.17) is 17.2 Å². The number of hydrogen-bond acceptors (Lipinski definition) is 4. The van der Waals surface area contributed by atoms with Gasteiger partial charge in [0.25, 0.3) is 5.91 Å². The molecule has 1 fully saturated rings. The Balaban J connectivity index is 1.99. The van der Waals surface area contributed by atoms with Gasteiger partial charge in [0, 0.05) is 36.4 Å². The smallest absolute Gasteiger partial charge is 0.254 e. The van der Waals surface area contributed by atoms with Gasteiger partial charge in [-0.15, -0.1) is 0 Å². The largest absolute Gasteiger partial charge is 0.399 e. The van der Waals surface area contributed by atoms with E-state index in [9.17, 15) is 9.59 Å². The quantitative estimate of drug-likeness (QED) is 0.700. The second-order valence-corrected chi connectivity index (χ2v) is 5.29. The number of primary amides is 1. The van der Waals surface area contributed by atoms with Gasteiger partial charge in [-0.3, -0.25) is 9.59 Å². The average Bonchev–Trinajstić information content (AvgIpc) is 2.37. The van der Waals surface area contributed by atoms with E-state index in [-0.39, 0.29) is 17.7 Å². The number of carbonyl (C=O) groups is 2. The lowest BCUT2D eigenvalue weighted by Crippen LogP contribution is -2.39. The highest BCUT2D eigenvalue weighted by atomic mass is 16.2. The van der Waals surface area contributed by atoms with Crippen molar-refractivity contribution in [2.24, 2.45) is 11.7 Å². The lowest BCUT2D eigenvalue weighted by atomic mass is 9.93. The molecule has 1 aromatic carbocycles. The van der Waals surface area contributed by atoms with Gasteiger partial charge in [-0.2, -0.15) is 0 Å². The van der Waals surface area contributed by atoms with Crippen LogP contribution in [0.25, 0.3) is 0 Å². The van der Waals surface area contributed by atoms with E-state index in [0.29, 0.717) is 36.4 Å². The van der Waals surface area contributed by atoms with E-state index >= 15 is 0 Å². The fourth-order valence-electron chi connectivity index (χ4n) is 2.61. The first-order valence-electron chi connectivity index (χ1n) is 6.69. The van der Waals surface area contributed by atoms with Crippen LogP contribution in [0.5, 0.6) is 0 Å². The first-order chi connectivity index (χ1) is 9.45. The minimum absolute atomic E-state index is 0.0680. The van der Waals surface area contributed by atoms with Crippen LogP contribution in [0.4, 0.5) is 11.4 Å². The Kier molecular flexibility index (Phi) is 4.12. The molecular formula is C14H20N4O2. The van der Waals surface area contributed by atoms with Gasteiger partial charge < -0.3 is 22.1 Å². The molecule has 0 bridgehead atoms. The van der Waals surface area contributed by atoms with Gasteiger partial charge in [-0.05, 0) is 37.0 Å². The minimum Gasteiger partial charge on any atom is -0.399 e. The normalized spacial score (nSPS) is 16.1. The monoisotopic (exact) mass is 276 g/mol. The molecule has 0 aliphatic carbocycles. The summed E-state index contributed by atoms with van der Waals surface area (Å²) in [4.78, 5) is 25.0. The number of nitrogens with zero attached hydrogens (tertiary/aromatic N) is 1. The molecule has 1 aliphatic rings. The molecule has 6 heteroatoms. The van der Waals surface area contributed by atoms with Crippen molar-refractivity contribution in [2.45, 2.75) is 19.3 Å². The zero-order valence-corrected chi connectivity index (χ0v) is 11.3. The van der Waals surface area contributed by atoms with Crippen LogP contribution in [0.3, 0.4) is 0 Å². The van der Waals surface area contributed by atoms with Crippen LogP contribution in [0.15, 0.2) is 18.2 Å². The third-order valence-electron chi connectivity index (χ3n) is 3.62. The van der Waals surface area contributed by atoms with Crippen molar-refractivity contribution >= 4 is 23.2 Å². The van der Waals surface area contributed by atoms with E-state index < -0.39 is 0 Å². The molecule has 1 aromatic rings. The zero-order chi connectivity index (χ0) is 14.7. The maximum Gasteiger partial charge on any atom is 0.254 e. The molecule has 0 unspecified atom stereocenters. The summed E-state index contributed by atoms with van der Waals surface area (Å²) in [7, 11) is 0. The van der Waals surface area contributed by atoms with Gasteiger partial charge in [0.1, 0.15) is 0 Å². The number of piperidine rings is 1. The number of hydrogen-bond donors (Lipinski definition) is 3. The Morgan fingerprint density at radius 1 is 1.10 bits per heavy atom. The van der Waals surface area contributed by atoms with Gasteiger partial charge in [0.05, 0.1) is 0 Å². The van der Waals surface area contributed by atoms with Gasteiger partial charge in [0.2, 0.25) is 5.91 Å². The molecule has 1 heterocycles. The summed E-state index contributed by atoms with van der Waals surface area (Å²) in [5.74, 6) is -0.0672. The second kappa shape index (κ2) is 5.81. The van der Waals surface area contributed by atoms with Crippen molar-refractivity contribution in [3.63, 3.8) is 0 Å². The van der Waals surface area contributed by atoms with Gasteiger partial charge >= 0.3 is 0 Å². The number of anilines is 2. The van der Waals surface area contributed by atoms with Crippen LogP contribution in [0, 0.1) is 5.92 Å². The summed E-state index contributed by atoms with van der Waals surface area (Å²) in [5.41, 5.74) is 18.1. The Bertz CT molecular complexity index is 502. The molecule has 0 spiro atoms. The van der Waals surface area contributed by atoms with Crippen LogP contribution in [0.1, 0.15) is 29.6 Å². The van der Waals surface area contributed by atoms with E-state index in [1.807, 2.05) is 0 Å². The van der Waals surface area contributed by atoms with Crippen molar-refractivity contribution in [3.8, 4) is 0 Å². The van der Waals surface area contributed by atoms with Crippen molar-refractivity contribution in [1.82, 2.24) is 4.90 Å². The molecule has 1 saturated heterocycles. The van der Waals surface area contributed by atoms with E-state index in [2.05, 4.69) is 0 Å². The highest BCUT2D eigenvalue weighted by Gasteiger charge is 2.24. The molecule has 0 atom stereocenters. The molecule has 1 aliphatic heterocycles. The van der Waals surface area contributed by atoms with Crippen LogP contribution in [-0.4, -0.2) is 29.8 Å². The molecule has 0 saturated carbocycles. The lowest BCUT2D eigenvalue weighted by Gasteiger charge is -2.31. The third kappa shape index (κ3) is 3.40. The number of nitrogen functional groups attached to an aromatic ring is 2. The molecule has 6 N–H and O–H groups in total. The summed E-state index contributed by atoms with van der Waals surface area (Å²) in [6.07, 6.45) is 1.99. The first kappa shape index (κ1) is 14.2. The summed E-state index contributed by atoms with van der Waals surface area (Å²) in [6.45, 7) is 1.26. The molecule has 0 aromatic heterocycles. The topological polar surface area (TPSA) is 115 Å². The number of nitrogens with two attached hydrogens (primary N) is 3. The lowest BCUT2D eigenvalue weighted by molar-refractivity contribution is -0.119. The molecule has 0 radical (unpaired) electrons. The second-order valence-electron chi connectivity index (χ2n) is 5.29. The van der Waals surface area contributed by atoms with Gasteiger partial charge in [-0.1, -0.05) is 0 Å². The zero-order valence-electron chi connectivity index (χ0n) is 11.3. The first-order valence-corrected chi connectivity index (χ1v) is 6.69. The molecule has 6 nitrogen and oxygen atoms in total. The molecule has 108 valence electrons. The summed E-state index contributed by atoms with van der Waals surface area (Å²) in [5, 5.41) is 0. The maximum atomic E-state index is 12.4. The Labute approximate surface area is 117 Å². The van der Waals surface area contributed by atoms with E-state index in [1.165, 1.54) is 0 Å². The van der Waals surface area contributed by atoms with Crippen LogP contribution < -0.4 is 17.2 Å². The molecule has 2 rings (SSSR count). The van der Waals surface area contributed by atoms with E-state index in [1.54, 1.807) is 23.1 Å². The Morgan fingerprint density at radius 2 is 1.65 bits per heavy atom. The number of carbonyl (C=O) groups excluding carboxylic acids is 2. The summed E-state index contributed by atoms with van der Waals surface area (Å²) < 4.78 is 0. The van der Waals surface area contributed by atoms with Crippen molar-refractivity contribution < 1.29 is 9.59 Å². The fourth-order valence-corrected chi connectivity index (χ4v) is 2.61. The standard InChI is InChI=1S/C14H20N4O2/c15-11-6-10(7-12(16)8-11)14(20)18-3-1-9(2-4-18)5-13(17)19/h6-9H,1-5,15-16H2,(H2,17,19). The van der Waals surface area contributed by atoms with Crippen LogP contribution in [0.2, 0.25) is 0 Å². The molecule has 20 heavy (non-hydrogen) atoms. The van der Waals surface area contributed by atoms with Crippen LogP contribution in [-0.2, 0) is 4.79 Å². The summed E-state index contributed by atoms with van der Waals surface area (Å²) >= 11 is 0. The minimum atomic E-state index is -0.279. The predicted molar refractivity (Wildman–Crippen MR) is 77.7 cm³/mol. The fraction of sp³-hybridized carbons (Fsp3) is 0.429. The van der Waals surface area contributed by atoms with Crippen molar-refractivity contribution in [1.29, 1.82) is 0 Å². The Hall–Kier alpha value is -2.24. The molecular weight excluding hydrogens is 256 g/mol. The number of amides is 2. The highest BCUT2D eigenvalue weighted by Crippen LogP contribution is 2.23. The predicted octanol–water partition coefficient (Wildman–Crippen LogP) is 0.579. The highest BCUT2D eigenvalue weighted by molar-refractivity contribution is 5.96. The maximum absolute atomic E-state index is 12.4. The van der Waals surface area contributed by atoms with Crippen molar-refractivity contribution in [3.05, 3.63) is 23.8 Å². The SMILES string of the molecule is NC(=O)CC1CCN(C(=O)c2cc(N)cc(N)c2)CC1. The number of likely N-dealkylation sites (tertiary alicyclic amines) is 1. The number of benzene rings is 1. The van der Waals surface area contributed by atoms with Gasteiger partial charge in [-0.25, -0.2) is 0 Å². The number of rotatable bonds is 3. The third-order valence-corrected chi connectivity index (χ3v) is 3.62. The molecule has 2 amide bonds. The van der Waals surface area contributed by atoms with Gasteiger partial charge in [0.15, 0.2) is 0 Å². The average molecular weight is 276 g/mol. The van der Waals surface area contributed by atoms with E-state index in [0.717, 1.165) is 12.8 Å². The summed E-state index contributed by atoms with van der Waals surface area (Å²) in [6, 6.07) is 4.89. The van der Waals surface area contributed by atoms with Crippen molar-refractivity contribution in [2.75, 3.05) is 24.6 Å². The van der Waals surface area contributed by atoms with Crippen LogP contribution >= 0.6 is 0 Å². The Morgan fingerprint density at radius 3 is 2.15 bits per heavy atom.